The van der Waals surface area contributed by atoms with Gasteiger partial charge in [-0.15, -0.1) is 0 Å². The molecule has 1 N–H and O–H groups in total. The maximum Gasteiger partial charge on any atom is 0.123 e. The van der Waals surface area contributed by atoms with Crippen LogP contribution in [0.5, 0.6) is 11.5 Å². The predicted molar refractivity (Wildman–Crippen MR) is 59.6 cm³/mol. The number of benzene rings is 1. The van der Waals surface area contributed by atoms with Crippen LogP contribution >= 0.6 is 0 Å². The van der Waals surface area contributed by atoms with E-state index in [2.05, 4.69) is 24.4 Å². The number of nitrogens with one attached hydrogen (secondary N) is 1. The van der Waals surface area contributed by atoms with Crippen molar-refractivity contribution < 1.29 is 9.47 Å². The maximum absolute atomic E-state index is 5.71. The normalized spacial score (nSPS) is 18.5. The number of ether oxygens (including phenoxy) is 2. The van der Waals surface area contributed by atoms with Crippen LogP contribution in [0.4, 0.5) is 0 Å². The third-order valence-electron chi connectivity index (χ3n) is 2.67. The van der Waals surface area contributed by atoms with Crippen molar-refractivity contribution >= 4 is 0 Å². The fourth-order valence-electron chi connectivity index (χ4n) is 2.00. The van der Waals surface area contributed by atoms with E-state index in [1.807, 2.05) is 7.05 Å². The Labute approximate surface area is 90.4 Å². The summed E-state index contributed by atoms with van der Waals surface area (Å²) in [7, 11) is 3.64. The second kappa shape index (κ2) is 4.11. The Morgan fingerprint density at radius 3 is 3.00 bits per heavy atom. The minimum absolute atomic E-state index is 0.287. The van der Waals surface area contributed by atoms with E-state index < -0.39 is 0 Å². The molecule has 0 saturated heterocycles. The largest absolute Gasteiger partial charge is 0.496 e. The summed E-state index contributed by atoms with van der Waals surface area (Å²) in [5.41, 5.74) is 2.40. The summed E-state index contributed by atoms with van der Waals surface area (Å²) in [6.07, 6.45) is 1.26. The Morgan fingerprint density at radius 2 is 2.33 bits per heavy atom. The van der Waals surface area contributed by atoms with Gasteiger partial charge in [0, 0.05) is 24.1 Å². The van der Waals surface area contributed by atoms with Gasteiger partial charge in [0.2, 0.25) is 0 Å². The number of methoxy groups -OCH3 is 1. The zero-order valence-corrected chi connectivity index (χ0v) is 9.46. The van der Waals surface area contributed by atoms with E-state index in [-0.39, 0.29) is 6.10 Å². The first-order chi connectivity index (χ1) is 7.24. The summed E-state index contributed by atoms with van der Waals surface area (Å²) in [5, 5.41) is 3.13. The first-order valence-corrected chi connectivity index (χ1v) is 5.25. The Kier molecular flexibility index (Phi) is 2.82. The average Bonchev–Trinajstić information content (AvgIpc) is 2.56. The highest BCUT2D eigenvalue weighted by atomic mass is 16.5. The Balaban J connectivity index is 2.36. The van der Waals surface area contributed by atoms with E-state index in [1.165, 1.54) is 5.56 Å². The van der Waals surface area contributed by atoms with Crippen molar-refractivity contribution in [3.05, 3.63) is 23.3 Å². The standard InChI is InChI=1S/C12H17NO2/c1-8-4-9-5-11(14-3)10(7-13-2)6-12(9)15-8/h5-6,8,13H,4,7H2,1-3H3. The fraction of sp³-hybridized carbons (Fsp3) is 0.500. The summed E-state index contributed by atoms with van der Waals surface area (Å²) in [4.78, 5) is 0. The second-order valence-corrected chi connectivity index (χ2v) is 3.93. The molecule has 1 aliphatic heterocycles. The average molecular weight is 207 g/mol. The third-order valence-corrected chi connectivity index (χ3v) is 2.67. The van der Waals surface area contributed by atoms with Gasteiger partial charge >= 0.3 is 0 Å². The molecular formula is C12H17NO2. The second-order valence-electron chi connectivity index (χ2n) is 3.93. The number of hydrogen-bond acceptors (Lipinski definition) is 3. The van der Waals surface area contributed by atoms with E-state index in [0.29, 0.717) is 0 Å². The smallest absolute Gasteiger partial charge is 0.123 e. The van der Waals surface area contributed by atoms with Gasteiger partial charge in [0.05, 0.1) is 7.11 Å². The van der Waals surface area contributed by atoms with Crippen LogP contribution in [0.1, 0.15) is 18.1 Å². The van der Waals surface area contributed by atoms with Crippen molar-refractivity contribution in [1.29, 1.82) is 0 Å². The first-order valence-electron chi connectivity index (χ1n) is 5.25. The topological polar surface area (TPSA) is 30.5 Å². The van der Waals surface area contributed by atoms with Gasteiger partial charge < -0.3 is 14.8 Å². The van der Waals surface area contributed by atoms with Crippen molar-refractivity contribution in [3.8, 4) is 11.5 Å². The SMILES string of the molecule is CNCc1cc2c(cc1OC)CC(C)O2. The molecule has 2 rings (SSSR count). The molecule has 0 saturated carbocycles. The van der Waals surface area contributed by atoms with Gasteiger partial charge in [-0.2, -0.15) is 0 Å². The van der Waals surface area contributed by atoms with E-state index in [4.69, 9.17) is 9.47 Å². The minimum Gasteiger partial charge on any atom is -0.496 e. The fourth-order valence-corrected chi connectivity index (χ4v) is 2.00. The highest BCUT2D eigenvalue weighted by Gasteiger charge is 2.21. The lowest BCUT2D eigenvalue weighted by molar-refractivity contribution is 0.254. The Bertz CT molecular complexity index is 363. The molecule has 1 aromatic rings. The molecule has 1 atom stereocenters. The van der Waals surface area contributed by atoms with E-state index >= 15 is 0 Å². The van der Waals surface area contributed by atoms with Gasteiger partial charge in [0.15, 0.2) is 0 Å². The molecule has 0 aliphatic carbocycles. The maximum atomic E-state index is 5.71. The Hall–Kier alpha value is -1.22. The van der Waals surface area contributed by atoms with E-state index in [0.717, 1.165) is 30.0 Å². The zero-order valence-electron chi connectivity index (χ0n) is 9.46. The molecule has 1 unspecified atom stereocenters. The van der Waals surface area contributed by atoms with Crippen molar-refractivity contribution in [2.24, 2.45) is 0 Å². The zero-order chi connectivity index (χ0) is 10.8. The molecule has 1 heterocycles. The van der Waals surface area contributed by atoms with E-state index in [1.54, 1.807) is 7.11 Å². The van der Waals surface area contributed by atoms with Crippen LogP contribution < -0.4 is 14.8 Å². The summed E-state index contributed by atoms with van der Waals surface area (Å²) < 4.78 is 11.1. The minimum atomic E-state index is 0.287. The lowest BCUT2D eigenvalue weighted by atomic mass is 10.1. The van der Waals surface area contributed by atoms with Gasteiger partial charge in [0.1, 0.15) is 17.6 Å². The summed E-state index contributed by atoms with van der Waals surface area (Å²) >= 11 is 0. The molecule has 0 bridgehead atoms. The number of rotatable bonds is 3. The molecular weight excluding hydrogens is 190 g/mol. The van der Waals surface area contributed by atoms with Crippen LogP contribution in [0.25, 0.3) is 0 Å². The summed E-state index contributed by atoms with van der Waals surface area (Å²) in [6.45, 7) is 2.89. The van der Waals surface area contributed by atoms with Crippen LogP contribution in [-0.4, -0.2) is 20.3 Å². The van der Waals surface area contributed by atoms with Gasteiger partial charge in [-0.05, 0) is 26.1 Å². The van der Waals surface area contributed by atoms with Gasteiger partial charge in [-0.3, -0.25) is 0 Å². The monoisotopic (exact) mass is 207 g/mol. The lowest BCUT2D eigenvalue weighted by Crippen LogP contribution is -2.07. The molecule has 1 aromatic carbocycles. The third kappa shape index (κ3) is 1.92. The predicted octanol–water partition coefficient (Wildman–Crippen LogP) is 1.74. The van der Waals surface area contributed by atoms with Crippen molar-refractivity contribution in [2.75, 3.05) is 14.2 Å². The van der Waals surface area contributed by atoms with Crippen LogP contribution in [0.2, 0.25) is 0 Å². The molecule has 3 heteroatoms. The van der Waals surface area contributed by atoms with Crippen LogP contribution in [0, 0.1) is 0 Å². The van der Waals surface area contributed by atoms with Crippen LogP contribution in [0.3, 0.4) is 0 Å². The molecule has 0 amide bonds. The quantitative estimate of drug-likeness (QED) is 0.819. The number of fused-ring (bicyclic) bond motifs is 1. The molecule has 0 aromatic heterocycles. The number of hydrogen-bond donors (Lipinski definition) is 1. The van der Waals surface area contributed by atoms with Crippen LogP contribution in [0.15, 0.2) is 12.1 Å². The molecule has 0 radical (unpaired) electrons. The molecule has 0 spiro atoms. The summed E-state index contributed by atoms with van der Waals surface area (Å²) in [6, 6.07) is 4.17. The molecule has 3 nitrogen and oxygen atoms in total. The highest BCUT2D eigenvalue weighted by Crippen LogP contribution is 2.34. The van der Waals surface area contributed by atoms with Gasteiger partial charge in [-0.1, -0.05) is 0 Å². The highest BCUT2D eigenvalue weighted by molar-refractivity contribution is 5.48. The van der Waals surface area contributed by atoms with Gasteiger partial charge in [-0.25, -0.2) is 0 Å². The van der Waals surface area contributed by atoms with Crippen molar-refractivity contribution in [2.45, 2.75) is 26.0 Å². The van der Waals surface area contributed by atoms with Crippen LogP contribution in [-0.2, 0) is 13.0 Å². The van der Waals surface area contributed by atoms with Crippen molar-refractivity contribution in [3.63, 3.8) is 0 Å². The summed E-state index contributed by atoms with van der Waals surface area (Å²) in [5.74, 6) is 1.95. The van der Waals surface area contributed by atoms with E-state index in [9.17, 15) is 0 Å². The molecule has 1 aliphatic rings. The molecule has 15 heavy (non-hydrogen) atoms. The molecule has 82 valence electrons. The van der Waals surface area contributed by atoms with Crippen molar-refractivity contribution in [1.82, 2.24) is 5.32 Å². The molecule has 0 fully saturated rings. The lowest BCUT2D eigenvalue weighted by Gasteiger charge is -2.10. The first kappa shape index (κ1) is 10.3. The van der Waals surface area contributed by atoms with Gasteiger partial charge in [0.25, 0.3) is 0 Å². The Morgan fingerprint density at radius 1 is 1.53 bits per heavy atom.